The lowest BCUT2D eigenvalue weighted by Crippen LogP contribution is -2.69. The third-order valence-corrected chi connectivity index (χ3v) is 73.2. The van der Waals surface area contributed by atoms with Gasteiger partial charge in [-0.1, -0.05) is 474 Å². The van der Waals surface area contributed by atoms with Gasteiger partial charge in [0, 0.05) is 0 Å². The summed E-state index contributed by atoms with van der Waals surface area (Å²) >= 11 is 56.8. The second-order valence-corrected chi connectivity index (χ2v) is 63.9. The Balaban J connectivity index is 6.91. The van der Waals surface area contributed by atoms with E-state index in [4.69, 9.17) is 0 Å². The molecule has 0 saturated heterocycles. The Morgan fingerprint density at radius 1 is 0.290 bits per heavy atom. The number of hydrogen-bond acceptors (Lipinski definition) is 0. The molecule has 0 unspecified atom stereocenters. The number of rotatable bonds is 9. The molecule has 0 aromatic heterocycles. The van der Waals surface area contributed by atoms with Gasteiger partial charge < -0.3 is 0 Å². The zero-order valence-corrected chi connectivity index (χ0v) is 58.3. The first kappa shape index (κ1) is 46.3. The van der Waals surface area contributed by atoms with E-state index in [1.54, 1.807) is 0 Å². The summed E-state index contributed by atoms with van der Waals surface area (Å²) < 4.78 is 0.267. The van der Waals surface area contributed by atoms with Gasteiger partial charge in [0.2, 0.25) is 0 Å². The normalized spacial score (nSPS) is 16.8. The van der Waals surface area contributed by atoms with Crippen LogP contribution in [0.3, 0.4) is 0 Å². The summed E-state index contributed by atoms with van der Waals surface area (Å²) in [5.41, 5.74) is 0. The van der Waals surface area contributed by atoms with E-state index in [0.717, 1.165) is 0 Å². The van der Waals surface area contributed by atoms with Gasteiger partial charge in [0.05, 0.1) is 1.93 Å². The van der Waals surface area contributed by atoms with Crippen molar-refractivity contribution in [3.63, 3.8) is 0 Å². The van der Waals surface area contributed by atoms with E-state index >= 15 is 0 Å². The van der Waals surface area contributed by atoms with Gasteiger partial charge in [0.1, 0.15) is 10.9 Å². The minimum absolute atomic E-state index is 0.00238. The van der Waals surface area contributed by atoms with Crippen molar-refractivity contribution in [3.05, 3.63) is 0 Å². The summed E-state index contributed by atoms with van der Waals surface area (Å²) in [5.74, 6) is 0. The summed E-state index contributed by atoms with van der Waals surface area (Å²) in [4.78, 5) is 0. The Kier molecular flexibility index (Phi) is 25.4. The van der Waals surface area contributed by atoms with Gasteiger partial charge in [-0.25, -0.2) is 0 Å². The predicted octanol–water partition coefficient (Wildman–Crippen LogP) is 16.7. The van der Waals surface area contributed by atoms with Gasteiger partial charge in [-0.2, -0.15) is 0 Å². The highest BCUT2D eigenvalue weighted by molar-refractivity contribution is 14.3. The quantitative estimate of drug-likeness (QED) is 0.159. The Morgan fingerprint density at radius 2 is 0.484 bits per heavy atom. The van der Waals surface area contributed by atoms with Crippen molar-refractivity contribution < 1.29 is 0 Å². The van der Waals surface area contributed by atoms with Crippen molar-refractivity contribution in [3.8, 4) is 0 Å². The molecule has 0 atom stereocenters. The highest BCUT2D eigenvalue weighted by atomic mass is 127. The van der Waals surface area contributed by atoms with Crippen LogP contribution in [0.25, 0.3) is 0 Å². The first-order valence-electron chi connectivity index (χ1n) is 6.32. The van der Waals surface area contributed by atoms with Gasteiger partial charge in [0.25, 0.3) is 0 Å². The zero-order valence-electron chi connectivity index (χ0n) is 13.0. The summed E-state index contributed by atoms with van der Waals surface area (Å²) in [5, 5.41) is 0. The largest absolute Gasteiger partial charge is 0.149 e. The van der Waals surface area contributed by atoms with Crippen LogP contribution in [-0.2, 0) is 0 Å². The van der Waals surface area contributed by atoms with Crippen LogP contribution in [0.15, 0.2) is 0 Å². The molecule has 0 saturated carbocycles. The topological polar surface area (TPSA) is 0 Å². The molecule has 0 nitrogen and oxygen atoms in total. The van der Waals surface area contributed by atoms with E-state index in [2.05, 4.69) is 474 Å². The van der Waals surface area contributed by atoms with Crippen LogP contribution in [-0.4, -0.2) is 12.8 Å². The summed E-state index contributed by atoms with van der Waals surface area (Å²) in [6, 6.07) is 0. The molecular formula is C10HI21. The molecule has 0 aliphatic carbocycles. The van der Waals surface area contributed by atoms with Gasteiger partial charge in [-0.05, 0) is 0 Å². The van der Waals surface area contributed by atoms with Gasteiger partial charge >= 0.3 is 0 Å². The SMILES string of the molecule is IC(I)C(I)(I)C(I)(I)C(I)(I)C(I)(I)C(I)(I)C(I)(I)C(I)(I)C(I)(I)C(I)(I)I. The Morgan fingerprint density at radius 3 is 0.677 bits per heavy atom. The molecule has 21 heteroatoms. The number of hydrogen-bond donors (Lipinski definition) is 0. The molecule has 0 bridgehead atoms. The maximum atomic E-state index is 2.77. The van der Waals surface area contributed by atoms with Crippen LogP contribution >= 0.6 is 474 Å². The molecule has 188 valence electrons. The lowest BCUT2D eigenvalue weighted by Gasteiger charge is -2.59. The van der Waals surface area contributed by atoms with Crippen molar-refractivity contribution in [2.75, 3.05) is 0 Å². The van der Waals surface area contributed by atoms with E-state index in [1.807, 2.05) is 0 Å². The van der Waals surface area contributed by atoms with Crippen molar-refractivity contribution in [2.45, 2.75) is 12.8 Å². The third kappa shape index (κ3) is 9.77. The van der Waals surface area contributed by atoms with Crippen LogP contribution in [0.4, 0.5) is 0 Å². The molecular weight excluding hydrogens is 2790 g/mol. The van der Waals surface area contributed by atoms with Gasteiger partial charge in [-0.15, -0.1) is 0 Å². The molecule has 0 aliphatic rings. The Hall–Kier alpha value is 15.3. The Labute approximate surface area is 471 Å². The van der Waals surface area contributed by atoms with E-state index in [1.165, 1.54) is 0 Å². The molecule has 0 aromatic carbocycles. The molecule has 31 heavy (non-hydrogen) atoms. The first-order valence-corrected chi connectivity index (χ1v) is 29.3. The second-order valence-electron chi connectivity index (χ2n) is 5.44. The average molecular weight is 2790 g/mol. The highest BCUT2D eigenvalue weighted by Crippen LogP contribution is 2.80. The fourth-order valence-electron chi connectivity index (χ4n) is 1.51. The molecule has 0 aliphatic heterocycles. The molecule has 0 fully saturated rings. The lowest BCUT2D eigenvalue weighted by atomic mass is 10.1. The maximum Gasteiger partial charge on any atom is 0.149 e. The Bertz CT molecular complexity index is 650. The minimum Gasteiger partial charge on any atom is -0.0686 e. The van der Waals surface area contributed by atoms with E-state index in [-0.39, 0.29) is 10.9 Å². The van der Waals surface area contributed by atoms with E-state index in [0.29, 0.717) is 1.93 Å². The van der Waals surface area contributed by atoms with Crippen LogP contribution < -0.4 is 0 Å². The minimum atomic E-state index is -0.0870. The summed E-state index contributed by atoms with van der Waals surface area (Å²) in [7, 11) is 0. The van der Waals surface area contributed by atoms with E-state index in [9.17, 15) is 0 Å². The van der Waals surface area contributed by atoms with Crippen LogP contribution in [0.1, 0.15) is 0 Å². The smallest absolute Gasteiger partial charge is 0.0686 e. The van der Waals surface area contributed by atoms with Crippen molar-refractivity contribution in [2.24, 2.45) is 0 Å². The van der Waals surface area contributed by atoms with E-state index < -0.39 is 0 Å². The molecule has 0 spiro atoms. The molecule has 0 radical (unpaired) electrons. The van der Waals surface area contributed by atoms with Crippen LogP contribution in [0.2, 0.25) is 0 Å². The van der Waals surface area contributed by atoms with Crippen LogP contribution in [0, 0.1) is 0 Å². The fraction of sp³-hybridized carbons (Fsp3) is 1.00. The predicted molar refractivity (Wildman–Crippen MR) is 323 cm³/mol. The first-order chi connectivity index (χ1) is 12.9. The van der Waals surface area contributed by atoms with Crippen molar-refractivity contribution >= 4 is 474 Å². The average Bonchev–Trinajstić information content (AvgIpc) is 2.52. The monoisotopic (exact) mass is 2790 g/mol. The van der Waals surface area contributed by atoms with Crippen molar-refractivity contribution in [1.82, 2.24) is 0 Å². The highest BCUT2D eigenvalue weighted by Gasteiger charge is 2.78. The molecule has 0 N–H and O–H groups in total. The fourth-order valence-corrected chi connectivity index (χ4v) is 32.7. The summed E-state index contributed by atoms with van der Waals surface area (Å²) in [6.07, 6.45) is 0. The lowest BCUT2D eigenvalue weighted by molar-refractivity contribution is 0.662. The molecule has 0 heterocycles. The van der Waals surface area contributed by atoms with Crippen LogP contribution in [0.5, 0.6) is 0 Å². The van der Waals surface area contributed by atoms with Crippen molar-refractivity contribution in [1.29, 1.82) is 0 Å². The molecule has 0 aromatic rings. The number of halogens is 21. The molecule has 0 amide bonds. The zero-order chi connectivity index (χ0) is 26.1. The number of alkyl halides is 21. The second kappa shape index (κ2) is 17.0. The molecule has 0 rings (SSSR count). The third-order valence-electron chi connectivity index (χ3n) is 3.41. The van der Waals surface area contributed by atoms with Gasteiger partial charge in [0.15, 0.2) is 0 Å². The van der Waals surface area contributed by atoms with Gasteiger partial charge in [-0.3, -0.25) is 0 Å². The standard InChI is InChI=1S/C10HI21/c11-1(12)2(13,14)3(15,16)4(17,18)5(19,20)6(21,22)7(23,24)8(25,26)9(27,28)10(29,30)31/h1H. The maximum absolute atomic E-state index is 2.77. The summed E-state index contributed by atoms with van der Waals surface area (Å²) in [6.45, 7) is 0.